The summed E-state index contributed by atoms with van der Waals surface area (Å²) in [6, 6.07) is 7.21. The molecule has 1 saturated heterocycles. The number of carboxylic acids is 1. The minimum absolute atomic E-state index is 0.0199. The van der Waals surface area contributed by atoms with E-state index in [0.29, 0.717) is 71.8 Å². The average molecular weight is 763 g/mol. The van der Waals surface area contributed by atoms with Crippen LogP contribution in [-0.2, 0) is 39.8 Å². The van der Waals surface area contributed by atoms with Gasteiger partial charge in [-0.05, 0) is 106 Å². The van der Waals surface area contributed by atoms with Crippen LogP contribution in [0.25, 0.3) is 0 Å². The van der Waals surface area contributed by atoms with Gasteiger partial charge in [0.25, 0.3) is 0 Å². The van der Waals surface area contributed by atoms with Crippen LogP contribution in [0.3, 0.4) is 0 Å². The maximum atomic E-state index is 13.0. The van der Waals surface area contributed by atoms with Crippen molar-refractivity contribution in [2.75, 3.05) is 78.6 Å². The summed E-state index contributed by atoms with van der Waals surface area (Å²) >= 11 is 0. The van der Waals surface area contributed by atoms with Crippen molar-refractivity contribution >= 4 is 23.9 Å². The maximum Gasteiger partial charge on any atom is 0.320 e. The fourth-order valence-corrected chi connectivity index (χ4v) is 6.06. The Morgan fingerprint density at radius 2 is 1.02 bits per heavy atom. The minimum atomic E-state index is -0.914. The zero-order valence-corrected chi connectivity index (χ0v) is 34.9. The second-order valence-electron chi connectivity index (χ2n) is 17.2. The van der Waals surface area contributed by atoms with Gasteiger partial charge in [-0.15, -0.1) is 0 Å². The van der Waals surface area contributed by atoms with Crippen molar-refractivity contribution in [1.82, 2.24) is 19.6 Å². The second kappa shape index (κ2) is 22.3. The molecule has 0 amide bonds. The number of esters is 3. The molecular formula is C41H70N4O9. The lowest BCUT2D eigenvalue weighted by Crippen LogP contribution is -2.52. The summed E-state index contributed by atoms with van der Waals surface area (Å²) < 4.78 is 22.7. The predicted octanol–water partition coefficient (Wildman–Crippen LogP) is 4.89. The number of unbranched alkanes of at least 4 members (excludes halogenated alkanes) is 1. The van der Waals surface area contributed by atoms with Gasteiger partial charge in [0.2, 0.25) is 0 Å². The van der Waals surface area contributed by atoms with Gasteiger partial charge in [-0.25, -0.2) is 0 Å². The Hall–Kier alpha value is -3.26. The molecule has 1 aromatic carbocycles. The Kier molecular flexibility index (Phi) is 19.4. The van der Waals surface area contributed by atoms with Gasteiger partial charge in [-0.3, -0.25) is 38.8 Å². The van der Waals surface area contributed by atoms with E-state index in [1.165, 1.54) is 0 Å². The third-order valence-corrected chi connectivity index (χ3v) is 8.55. The number of rotatable bonds is 16. The Morgan fingerprint density at radius 1 is 0.630 bits per heavy atom. The molecule has 0 bridgehead atoms. The molecule has 54 heavy (non-hydrogen) atoms. The topological polar surface area (TPSA) is 138 Å². The molecule has 1 aromatic rings. The first kappa shape index (κ1) is 46.9. The van der Waals surface area contributed by atoms with Gasteiger partial charge in [0.15, 0.2) is 0 Å². The summed E-state index contributed by atoms with van der Waals surface area (Å²) in [6.45, 7) is 22.6. The van der Waals surface area contributed by atoms with Crippen LogP contribution in [0, 0.1) is 0 Å². The molecule has 13 heteroatoms. The summed E-state index contributed by atoms with van der Waals surface area (Å²) in [5.74, 6) is -1.20. The van der Waals surface area contributed by atoms with E-state index in [0.717, 1.165) is 30.6 Å². The van der Waals surface area contributed by atoms with Crippen molar-refractivity contribution in [3.8, 4) is 5.75 Å². The van der Waals surface area contributed by atoms with Crippen molar-refractivity contribution in [3.63, 3.8) is 0 Å². The molecule has 0 aliphatic carbocycles. The van der Waals surface area contributed by atoms with Gasteiger partial charge in [0, 0.05) is 52.4 Å². The average Bonchev–Trinajstić information content (AvgIpc) is 3.01. The van der Waals surface area contributed by atoms with Gasteiger partial charge >= 0.3 is 23.9 Å². The number of nitrogens with zero attached hydrogens (tertiary/aromatic N) is 4. The first-order valence-electron chi connectivity index (χ1n) is 19.6. The molecule has 2 rings (SSSR count). The SMILES string of the molecule is CCCCOc1ccc(CCC[C@@H](C(=O)O)N2CCN(CC(=O)OC(C)(C)C)CCN(CC(=O)OC(C)(C)C)CCN(CC(=O)OC(C)(C)C)CC2)cc1. The lowest BCUT2D eigenvalue weighted by molar-refractivity contribution is -0.158. The number of aryl methyl sites for hydroxylation is 1. The number of carbonyl (C=O) groups excluding carboxylic acids is 3. The van der Waals surface area contributed by atoms with Crippen LogP contribution in [0.2, 0.25) is 0 Å². The lowest BCUT2D eigenvalue weighted by Gasteiger charge is -2.36. The van der Waals surface area contributed by atoms with Gasteiger partial charge in [0.1, 0.15) is 28.6 Å². The van der Waals surface area contributed by atoms with Gasteiger partial charge in [-0.2, -0.15) is 0 Å². The quantitative estimate of drug-likeness (QED) is 0.139. The molecule has 13 nitrogen and oxygen atoms in total. The monoisotopic (exact) mass is 763 g/mol. The molecule has 308 valence electrons. The molecule has 0 radical (unpaired) electrons. The van der Waals surface area contributed by atoms with E-state index in [2.05, 4.69) is 6.92 Å². The highest BCUT2D eigenvalue weighted by Crippen LogP contribution is 2.18. The third-order valence-electron chi connectivity index (χ3n) is 8.55. The van der Waals surface area contributed by atoms with Crippen molar-refractivity contribution in [1.29, 1.82) is 0 Å². The third kappa shape index (κ3) is 21.0. The van der Waals surface area contributed by atoms with Crippen molar-refractivity contribution in [2.45, 2.75) is 124 Å². The van der Waals surface area contributed by atoms with E-state index in [4.69, 9.17) is 18.9 Å². The number of aliphatic carboxylic acids is 1. The van der Waals surface area contributed by atoms with Crippen molar-refractivity contribution in [3.05, 3.63) is 29.8 Å². The van der Waals surface area contributed by atoms with Crippen LogP contribution < -0.4 is 4.74 Å². The molecule has 0 spiro atoms. The Balaban J connectivity index is 2.32. The summed E-state index contributed by atoms with van der Waals surface area (Å²) in [7, 11) is 0. The Bertz CT molecular complexity index is 1260. The van der Waals surface area contributed by atoms with Crippen LogP contribution in [0.15, 0.2) is 24.3 Å². The molecule has 0 aromatic heterocycles. The van der Waals surface area contributed by atoms with Crippen LogP contribution in [0.5, 0.6) is 5.75 Å². The molecule has 1 heterocycles. The minimum Gasteiger partial charge on any atom is -0.494 e. The zero-order chi connectivity index (χ0) is 40.5. The molecule has 1 atom stereocenters. The smallest absolute Gasteiger partial charge is 0.320 e. The summed E-state index contributed by atoms with van der Waals surface area (Å²) in [6.07, 6.45) is 3.87. The molecule has 0 saturated carbocycles. The number of hydrogen-bond donors (Lipinski definition) is 1. The normalized spacial score (nSPS) is 17.1. The number of carboxylic acid groups (broad SMARTS) is 1. The number of benzene rings is 1. The Morgan fingerprint density at radius 3 is 1.37 bits per heavy atom. The number of ether oxygens (including phenoxy) is 4. The summed E-state index contributed by atoms with van der Waals surface area (Å²) in [5.41, 5.74) is -0.856. The first-order valence-corrected chi connectivity index (χ1v) is 19.6. The van der Waals surface area contributed by atoms with E-state index in [-0.39, 0.29) is 37.5 Å². The van der Waals surface area contributed by atoms with Crippen LogP contribution in [0.1, 0.15) is 100 Å². The molecule has 1 N–H and O–H groups in total. The van der Waals surface area contributed by atoms with Gasteiger partial charge in [-0.1, -0.05) is 25.5 Å². The van der Waals surface area contributed by atoms with E-state index in [1.807, 2.05) is 106 Å². The van der Waals surface area contributed by atoms with Gasteiger partial charge in [0.05, 0.1) is 26.2 Å². The maximum absolute atomic E-state index is 13.0. The highest BCUT2D eigenvalue weighted by Gasteiger charge is 2.29. The van der Waals surface area contributed by atoms with Gasteiger partial charge < -0.3 is 24.1 Å². The second-order valence-corrected chi connectivity index (χ2v) is 17.2. The zero-order valence-electron chi connectivity index (χ0n) is 34.9. The first-order chi connectivity index (χ1) is 25.1. The largest absolute Gasteiger partial charge is 0.494 e. The number of hydrogen-bond acceptors (Lipinski definition) is 12. The lowest BCUT2D eigenvalue weighted by atomic mass is 10.0. The van der Waals surface area contributed by atoms with Crippen LogP contribution >= 0.6 is 0 Å². The molecule has 1 aliphatic heterocycles. The highest BCUT2D eigenvalue weighted by molar-refractivity contribution is 5.74. The standard InChI is InChI=1S/C41H70N4O9/c1-11-12-28-51-33-18-16-32(17-19-33)14-13-15-34(38(49)50)45-26-24-43(30-36(47)53-40(5,6)7)22-20-42(29-35(46)52-39(2,3)4)21-23-44(25-27-45)31-37(48)54-41(8,9)10/h16-19,34H,11-15,20-31H2,1-10H3,(H,49,50)/t34-/m0/s1. The molecule has 0 unspecified atom stereocenters. The van der Waals surface area contributed by atoms with Crippen LogP contribution in [-0.4, -0.2) is 150 Å². The van der Waals surface area contributed by atoms with E-state index in [1.54, 1.807) is 0 Å². The summed E-state index contributed by atoms with van der Waals surface area (Å²) in [4.78, 5) is 59.7. The van der Waals surface area contributed by atoms with E-state index >= 15 is 0 Å². The Labute approximate surface area is 324 Å². The molecule has 1 fully saturated rings. The van der Waals surface area contributed by atoms with E-state index in [9.17, 15) is 24.3 Å². The summed E-state index contributed by atoms with van der Waals surface area (Å²) in [5, 5.41) is 10.5. The number of carbonyl (C=O) groups is 4. The van der Waals surface area contributed by atoms with Crippen LogP contribution in [0.4, 0.5) is 0 Å². The van der Waals surface area contributed by atoms with Crippen molar-refractivity contribution in [2.24, 2.45) is 0 Å². The van der Waals surface area contributed by atoms with E-state index < -0.39 is 28.8 Å². The highest BCUT2D eigenvalue weighted by atomic mass is 16.6. The fraction of sp³-hybridized carbons (Fsp3) is 0.756. The molecular weight excluding hydrogens is 692 g/mol. The molecule has 1 aliphatic rings. The predicted molar refractivity (Wildman–Crippen MR) is 210 cm³/mol. The fourth-order valence-electron chi connectivity index (χ4n) is 6.06. The van der Waals surface area contributed by atoms with Crippen molar-refractivity contribution < 1.29 is 43.2 Å².